The first-order chi connectivity index (χ1) is 36.6. The van der Waals surface area contributed by atoms with E-state index >= 15 is 0 Å². The Bertz CT molecular complexity index is 4700. The second kappa shape index (κ2) is 21.2. The first kappa shape index (κ1) is 60.2. The molecule has 7 aromatic rings. The fourth-order valence-corrected chi connectivity index (χ4v) is 12.5. The number of aromatic carboxylic acids is 1. The Labute approximate surface area is 452 Å². The zero-order chi connectivity index (χ0) is 59.6. The molecule has 0 aliphatic carbocycles. The van der Waals surface area contributed by atoms with E-state index in [2.05, 4.69) is 40.8 Å². The lowest BCUT2D eigenvalue weighted by molar-refractivity contribution is 0.0690. The molecule has 42 heteroatoms. The van der Waals surface area contributed by atoms with Crippen molar-refractivity contribution in [1.82, 2.24) is 14.8 Å². The topological polar surface area (TPSA) is 552 Å². The zero-order valence-corrected chi connectivity index (χ0v) is 45.8. The van der Waals surface area contributed by atoms with Crippen molar-refractivity contribution in [3.63, 3.8) is 0 Å². The number of hydrogen-bond donors (Lipinski definition) is 9. The molecule has 0 saturated carbocycles. The molecule has 2 heterocycles. The Morgan fingerprint density at radius 3 is 1.76 bits per heavy atom. The third-order valence-corrected chi connectivity index (χ3v) is 17.5. The lowest BCUT2D eigenvalue weighted by Crippen LogP contribution is -2.08. The molecular weight excluding hydrogens is 1240 g/mol. The predicted molar refractivity (Wildman–Crippen MR) is 270 cm³/mol. The van der Waals surface area contributed by atoms with Gasteiger partial charge in [0.25, 0.3) is 60.7 Å². The van der Waals surface area contributed by atoms with E-state index in [1.807, 2.05) is 0 Å². The van der Waals surface area contributed by atoms with Crippen LogP contribution >= 0.6 is 11.3 Å². The zero-order valence-electron chi connectivity index (χ0n) is 39.2. The quantitative estimate of drug-likeness (QED) is 0.0270. The molecular formula is C38H31N9O25S8. The number of hydrogen-bond acceptors (Lipinski definition) is 27. The fourth-order valence-electron chi connectivity index (χ4n) is 6.93. The summed E-state index contributed by atoms with van der Waals surface area (Å²) in [5.41, 5.74) is -6.22. The largest absolute Gasteiger partial charge is 0.505 e. The summed E-state index contributed by atoms with van der Waals surface area (Å²) >= 11 is 0.649. The summed E-state index contributed by atoms with van der Waals surface area (Å²) < 4.78 is 236. The molecule has 0 unspecified atom stereocenters. The standard InChI is InChI=1S/C38H31N9O25S8/c1-16-8-25(26(72-6-3-7-75(54,55)56)15-24(16)41-45-38-39-30-27(73-38)12-18(74(2,52)53)13-28(30)78(63,64)65)42-43-31-29(79(66,67)68)14-22-21(34(31)48)4-5-23(35(22)80(69,70)71)40-44-32-33(37(50)51)46-47(36(32)49)17-9-19(76(57,58)59)11-20(10-17)77(60,61)62/h4-5,8-15,48-49H,3,6-7H2,1-2H3,(H,50,51)(H,54,55,56)(H,57,58,59)(H,60,61,62)(H,63,64,65)(H,66,67,68)(H,69,70,71). The highest BCUT2D eigenvalue weighted by Crippen LogP contribution is 2.47. The molecule has 0 spiro atoms. The highest BCUT2D eigenvalue weighted by Gasteiger charge is 2.31. The fraction of sp³-hybridized carbons (Fsp3) is 0.132. The number of ether oxygens (including phenoxy) is 1. The van der Waals surface area contributed by atoms with Crippen molar-refractivity contribution < 1.29 is 111 Å². The van der Waals surface area contributed by atoms with Crippen molar-refractivity contribution in [3.8, 4) is 23.1 Å². The Kier molecular flexibility index (Phi) is 16.0. The molecule has 0 aliphatic heterocycles. The molecule has 0 saturated heterocycles. The summed E-state index contributed by atoms with van der Waals surface area (Å²) in [6.07, 6.45) is 0.418. The first-order valence-electron chi connectivity index (χ1n) is 20.7. The van der Waals surface area contributed by atoms with E-state index in [9.17, 15) is 106 Å². The van der Waals surface area contributed by atoms with Crippen LogP contribution in [0.1, 0.15) is 22.5 Å². The van der Waals surface area contributed by atoms with Gasteiger partial charge in [-0.15, -0.1) is 30.7 Å². The minimum absolute atomic E-state index is 0.0545. The van der Waals surface area contributed by atoms with Gasteiger partial charge >= 0.3 is 5.97 Å². The number of carbonyl (C=O) groups is 1. The Morgan fingerprint density at radius 2 is 1.21 bits per heavy atom. The number of fused-ring (bicyclic) bond motifs is 2. The summed E-state index contributed by atoms with van der Waals surface area (Å²) in [5, 5.41) is 56.7. The molecule has 0 amide bonds. The molecule has 5 aromatic carbocycles. The van der Waals surface area contributed by atoms with Crippen LogP contribution in [0.25, 0.3) is 26.7 Å². The maximum Gasteiger partial charge on any atom is 0.358 e. The molecule has 34 nitrogen and oxygen atoms in total. The van der Waals surface area contributed by atoms with Crippen LogP contribution in [0.4, 0.5) is 33.6 Å². The lowest BCUT2D eigenvalue weighted by Gasteiger charge is -2.13. The van der Waals surface area contributed by atoms with Crippen LogP contribution in [0.15, 0.2) is 121 Å². The van der Waals surface area contributed by atoms with Gasteiger partial charge in [0, 0.05) is 23.1 Å². The van der Waals surface area contributed by atoms with Gasteiger partial charge in [-0.1, -0.05) is 11.3 Å². The summed E-state index contributed by atoms with van der Waals surface area (Å²) in [7, 11) is -35.5. The third-order valence-electron chi connectivity index (χ3n) is 10.4. The van der Waals surface area contributed by atoms with Crippen LogP contribution in [-0.4, -0.2) is 141 Å². The van der Waals surface area contributed by atoms with Crippen LogP contribution in [0.5, 0.6) is 17.4 Å². The second-order valence-electron chi connectivity index (χ2n) is 16.1. The van der Waals surface area contributed by atoms with Crippen molar-refractivity contribution in [2.45, 2.75) is 42.7 Å². The molecule has 80 heavy (non-hydrogen) atoms. The number of sulfone groups is 1. The number of carboxylic acids is 1. The van der Waals surface area contributed by atoms with Crippen molar-refractivity contribution >= 4 is 142 Å². The Morgan fingerprint density at radius 1 is 0.625 bits per heavy atom. The van der Waals surface area contributed by atoms with E-state index in [4.69, 9.17) is 4.74 Å². The number of benzene rings is 5. The number of rotatable bonds is 19. The number of carboxylic acid groups (broad SMARTS) is 1. The van der Waals surface area contributed by atoms with Crippen LogP contribution < -0.4 is 4.74 Å². The molecule has 0 bridgehead atoms. The van der Waals surface area contributed by atoms with Crippen molar-refractivity contribution in [1.29, 1.82) is 0 Å². The van der Waals surface area contributed by atoms with Crippen molar-refractivity contribution in [3.05, 3.63) is 71.9 Å². The molecule has 7 rings (SSSR count). The summed E-state index contributed by atoms with van der Waals surface area (Å²) in [6.45, 7) is 0.883. The summed E-state index contributed by atoms with van der Waals surface area (Å²) in [5.74, 6) is -5.91. The maximum atomic E-state index is 13.0. The molecule has 426 valence electrons. The van der Waals surface area contributed by atoms with Gasteiger partial charge in [-0.05, 0) is 73.5 Å². The van der Waals surface area contributed by atoms with Crippen molar-refractivity contribution in [2.75, 3.05) is 18.6 Å². The molecule has 0 aliphatic rings. The second-order valence-corrected chi connectivity index (χ2v) is 27.7. The monoisotopic (exact) mass is 1270 g/mol. The number of aromatic nitrogens is 3. The molecule has 9 N–H and O–H groups in total. The minimum atomic E-state index is -5.71. The van der Waals surface area contributed by atoms with Crippen LogP contribution in [0.2, 0.25) is 0 Å². The van der Waals surface area contributed by atoms with Gasteiger partial charge in [0.1, 0.15) is 43.0 Å². The summed E-state index contributed by atoms with van der Waals surface area (Å²) in [6, 6.07) is 7.01. The van der Waals surface area contributed by atoms with E-state index in [0.29, 0.717) is 41.7 Å². The predicted octanol–water partition coefficient (Wildman–Crippen LogP) is 5.59. The molecule has 0 atom stereocenters. The van der Waals surface area contributed by atoms with Crippen LogP contribution in [-0.2, 0) is 70.5 Å². The SMILES string of the molecule is Cc1cc(N=Nc2c(S(=O)(=O)O)cc3c(S(=O)(=O)O)c(N=Nc4c(C(=O)O)nn(-c5cc(S(=O)(=O)O)cc(S(=O)(=O)O)c5)c4O)ccc3c2O)c(OCCCS(=O)(=O)O)cc1N=Nc1nc2c(S(=O)(=O)O)cc(S(C)(=O)=O)cc2s1. The van der Waals surface area contributed by atoms with E-state index in [0.717, 1.165) is 30.5 Å². The van der Waals surface area contributed by atoms with E-state index in [1.165, 1.54) is 6.92 Å². The van der Waals surface area contributed by atoms with Crippen molar-refractivity contribution in [2.24, 2.45) is 30.7 Å². The number of phenols is 1. The van der Waals surface area contributed by atoms with Gasteiger partial charge in [-0.3, -0.25) is 27.3 Å². The molecule has 0 radical (unpaired) electrons. The average Bonchev–Trinajstić information content (AvgIpc) is 3.89. The van der Waals surface area contributed by atoms with E-state index in [1.54, 1.807) is 0 Å². The molecule has 0 fully saturated rings. The molecule has 2 aromatic heterocycles. The number of thiazole rings is 1. The number of nitrogens with zero attached hydrogens (tertiary/aromatic N) is 9. The third kappa shape index (κ3) is 13.2. The maximum absolute atomic E-state index is 13.0. The van der Waals surface area contributed by atoms with Crippen LogP contribution in [0, 0.1) is 6.92 Å². The average molecular weight is 1270 g/mol. The van der Waals surface area contributed by atoms with Gasteiger partial charge in [0.15, 0.2) is 21.3 Å². The highest BCUT2D eigenvalue weighted by atomic mass is 32.2. The Balaban J connectivity index is 1.34. The lowest BCUT2D eigenvalue weighted by atomic mass is 10.1. The van der Waals surface area contributed by atoms with Gasteiger partial charge < -0.3 is 20.1 Å². The minimum Gasteiger partial charge on any atom is -0.505 e. The van der Waals surface area contributed by atoms with Gasteiger partial charge in [-0.25, -0.2) is 18.2 Å². The van der Waals surface area contributed by atoms with Gasteiger partial charge in [0.05, 0.1) is 43.1 Å². The van der Waals surface area contributed by atoms with E-state index < -0.39 is 169 Å². The summed E-state index contributed by atoms with van der Waals surface area (Å²) in [4.78, 5) is 9.63. The number of aromatic hydroxyl groups is 2. The number of phenolic OH excluding ortho intramolecular Hbond substituents is 1. The Hall–Kier alpha value is -7.46. The normalized spacial score (nSPS) is 13.4. The van der Waals surface area contributed by atoms with Gasteiger partial charge in [-0.2, -0.15) is 60.3 Å². The van der Waals surface area contributed by atoms with Crippen LogP contribution in [0.3, 0.4) is 0 Å². The van der Waals surface area contributed by atoms with E-state index in [-0.39, 0.29) is 55.2 Å². The first-order valence-corrected chi connectivity index (χ1v) is 32.2. The van der Waals surface area contributed by atoms with Gasteiger partial charge in [0.2, 0.25) is 16.7 Å². The highest BCUT2D eigenvalue weighted by molar-refractivity contribution is 7.91. The smallest absolute Gasteiger partial charge is 0.358 e. The number of aryl methyl sites for hydroxylation is 1. The number of azo groups is 3.